The lowest BCUT2D eigenvalue weighted by atomic mass is 10.0. The van der Waals surface area contributed by atoms with Crippen LogP contribution in [0, 0.1) is 0 Å². The van der Waals surface area contributed by atoms with Crippen LogP contribution in [0.5, 0.6) is 0 Å². The highest BCUT2D eigenvalue weighted by Gasteiger charge is 2.18. The van der Waals surface area contributed by atoms with Gasteiger partial charge in [0, 0.05) is 12.8 Å². The minimum atomic E-state index is -0.843. The number of carbonyl (C=O) groups excluding carboxylic acids is 2. The van der Waals surface area contributed by atoms with E-state index < -0.39 is 12.1 Å². The molecule has 1 amide bonds. The molecule has 3 N–H and O–H groups in total. The van der Waals surface area contributed by atoms with Gasteiger partial charge in [0.05, 0.1) is 25.4 Å². The SMILES string of the molecule is CCCCCCCC/C=C\CCCCCCCCCC(=O)OCCCCCCCCCCCCCCCCCCCCCCCCCCCCC(=O)NC(CO)C(O)/C=C/CCCCCCCCCCCCCCCCC. The summed E-state index contributed by atoms with van der Waals surface area (Å²) in [4.78, 5) is 24.6. The van der Waals surface area contributed by atoms with E-state index in [1.165, 1.54) is 321 Å². The Morgan fingerprint density at radius 3 is 0.922 bits per heavy atom. The largest absolute Gasteiger partial charge is 0.466 e. The molecule has 0 radical (unpaired) electrons. The Kier molecular flexibility index (Phi) is 65.4. The summed E-state index contributed by atoms with van der Waals surface area (Å²) in [6.07, 6.45) is 83.9. The number of carbonyl (C=O) groups is 2. The first-order chi connectivity index (χ1) is 38.0. The molecular weight excluding hydrogens is 947 g/mol. The second kappa shape index (κ2) is 66.8. The summed E-state index contributed by atoms with van der Waals surface area (Å²) in [5, 5.41) is 23.2. The van der Waals surface area contributed by atoms with Crippen molar-refractivity contribution in [2.45, 2.75) is 405 Å². The number of aliphatic hydroxyl groups excluding tert-OH is 2. The molecule has 0 aromatic rings. The summed E-state index contributed by atoms with van der Waals surface area (Å²) in [6, 6.07) is -0.626. The number of unbranched alkanes of at least 4 members (excludes halogenated alkanes) is 53. The number of allylic oxidation sites excluding steroid dienone is 3. The molecule has 0 saturated heterocycles. The van der Waals surface area contributed by atoms with Gasteiger partial charge in [-0.05, 0) is 57.8 Å². The van der Waals surface area contributed by atoms with Crippen molar-refractivity contribution in [3.63, 3.8) is 0 Å². The molecule has 2 unspecified atom stereocenters. The van der Waals surface area contributed by atoms with Gasteiger partial charge >= 0.3 is 5.97 Å². The average molecular weight is 1080 g/mol. The fourth-order valence-corrected chi connectivity index (χ4v) is 11.1. The molecule has 0 spiro atoms. The van der Waals surface area contributed by atoms with E-state index in [9.17, 15) is 19.8 Å². The Balaban J connectivity index is 3.36. The predicted octanol–water partition coefficient (Wildman–Crippen LogP) is 22.5. The van der Waals surface area contributed by atoms with Crippen LogP contribution >= 0.6 is 0 Å². The lowest BCUT2D eigenvalue weighted by molar-refractivity contribution is -0.143. The zero-order valence-electron chi connectivity index (χ0n) is 52.2. The molecule has 0 heterocycles. The molecule has 2 atom stereocenters. The summed E-state index contributed by atoms with van der Waals surface area (Å²) in [5.74, 6) is -0.0484. The monoisotopic (exact) mass is 1080 g/mol. The number of ether oxygens (including phenoxy) is 1. The topological polar surface area (TPSA) is 95.9 Å². The van der Waals surface area contributed by atoms with Gasteiger partial charge in [0.15, 0.2) is 0 Å². The van der Waals surface area contributed by atoms with Crippen LogP contribution in [0.25, 0.3) is 0 Å². The van der Waals surface area contributed by atoms with Gasteiger partial charge in [0.25, 0.3) is 0 Å². The molecule has 0 aromatic heterocycles. The van der Waals surface area contributed by atoms with Gasteiger partial charge in [-0.2, -0.15) is 0 Å². The van der Waals surface area contributed by atoms with E-state index >= 15 is 0 Å². The number of aliphatic hydroxyl groups is 2. The number of hydrogen-bond acceptors (Lipinski definition) is 5. The first-order valence-corrected chi connectivity index (χ1v) is 35.1. The van der Waals surface area contributed by atoms with Crippen LogP contribution in [-0.4, -0.2) is 47.4 Å². The van der Waals surface area contributed by atoms with Crippen molar-refractivity contribution in [1.82, 2.24) is 5.32 Å². The van der Waals surface area contributed by atoms with Crippen LogP contribution < -0.4 is 5.32 Å². The van der Waals surface area contributed by atoms with Crippen LogP contribution in [-0.2, 0) is 14.3 Å². The van der Waals surface area contributed by atoms with Gasteiger partial charge in [0.1, 0.15) is 0 Å². The molecule has 0 fully saturated rings. The van der Waals surface area contributed by atoms with Gasteiger partial charge in [-0.3, -0.25) is 9.59 Å². The molecule has 0 aromatic carbocycles. The fourth-order valence-electron chi connectivity index (χ4n) is 11.1. The highest BCUT2D eigenvalue weighted by Crippen LogP contribution is 2.19. The minimum absolute atomic E-state index is 0.0142. The van der Waals surface area contributed by atoms with Crippen LogP contribution in [0.1, 0.15) is 393 Å². The Labute approximate surface area is 481 Å². The standard InChI is InChI=1S/C71H137NO5/c1-3-5-7-9-11-13-15-17-19-31-35-39-43-47-51-55-59-63-69(74)68(67-73)72-70(75)64-60-56-52-48-44-40-36-33-29-27-25-23-21-22-24-26-28-30-34-38-42-46-50-54-58-62-66-77-71(76)65-61-57-53-49-45-41-37-32-20-18-16-14-12-10-8-6-4-2/h18,20,59,63,68-69,73-74H,3-17,19,21-58,60-62,64-67H2,1-2H3,(H,72,75)/b20-18-,63-59+. The minimum Gasteiger partial charge on any atom is -0.466 e. The number of rotatable bonds is 66. The van der Waals surface area contributed by atoms with E-state index in [1.807, 2.05) is 6.08 Å². The quantitative estimate of drug-likeness (QED) is 0.0320. The number of esters is 1. The molecular formula is C71H137NO5. The predicted molar refractivity (Wildman–Crippen MR) is 338 cm³/mol. The van der Waals surface area contributed by atoms with Gasteiger partial charge in [0.2, 0.25) is 5.91 Å². The molecule has 77 heavy (non-hydrogen) atoms. The van der Waals surface area contributed by atoms with E-state index in [0.717, 1.165) is 44.9 Å². The summed E-state index contributed by atoms with van der Waals surface area (Å²) in [6.45, 7) is 4.93. The molecule has 6 nitrogen and oxygen atoms in total. The number of nitrogens with one attached hydrogen (secondary N) is 1. The number of amides is 1. The highest BCUT2D eigenvalue weighted by atomic mass is 16.5. The fraction of sp³-hybridized carbons (Fsp3) is 0.915. The molecule has 0 aliphatic rings. The first-order valence-electron chi connectivity index (χ1n) is 35.1. The van der Waals surface area contributed by atoms with Crippen molar-refractivity contribution in [2.75, 3.05) is 13.2 Å². The summed E-state index contributed by atoms with van der Waals surface area (Å²) < 4.78 is 5.50. The van der Waals surface area contributed by atoms with Crippen molar-refractivity contribution in [3.8, 4) is 0 Å². The number of hydrogen-bond donors (Lipinski definition) is 3. The molecule has 0 bridgehead atoms. The van der Waals surface area contributed by atoms with E-state index in [1.54, 1.807) is 6.08 Å². The second-order valence-corrected chi connectivity index (χ2v) is 24.2. The van der Waals surface area contributed by atoms with Crippen molar-refractivity contribution in [3.05, 3.63) is 24.3 Å². The van der Waals surface area contributed by atoms with Gasteiger partial charge in [-0.15, -0.1) is 0 Å². The van der Waals surface area contributed by atoms with Crippen molar-refractivity contribution >= 4 is 11.9 Å². The first kappa shape index (κ1) is 75.3. The molecule has 0 saturated carbocycles. The van der Waals surface area contributed by atoms with Crippen LogP contribution in [0.15, 0.2) is 24.3 Å². The summed E-state index contributed by atoms with van der Waals surface area (Å²) >= 11 is 0. The van der Waals surface area contributed by atoms with Crippen LogP contribution in [0.3, 0.4) is 0 Å². The van der Waals surface area contributed by atoms with E-state index in [-0.39, 0.29) is 18.5 Å². The van der Waals surface area contributed by atoms with E-state index in [0.29, 0.717) is 19.4 Å². The normalized spacial score (nSPS) is 12.6. The highest BCUT2D eigenvalue weighted by molar-refractivity contribution is 5.76. The van der Waals surface area contributed by atoms with Gasteiger partial charge in [-0.1, -0.05) is 346 Å². The zero-order valence-corrected chi connectivity index (χ0v) is 52.2. The maximum atomic E-state index is 12.5. The van der Waals surface area contributed by atoms with Crippen molar-refractivity contribution in [2.24, 2.45) is 0 Å². The summed E-state index contributed by atoms with van der Waals surface area (Å²) in [7, 11) is 0. The average Bonchev–Trinajstić information content (AvgIpc) is 3.43. The zero-order chi connectivity index (χ0) is 55.7. The Morgan fingerprint density at radius 1 is 0.351 bits per heavy atom. The summed E-state index contributed by atoms with van der Waals surface area (Å²) in [5.41, 5.74) is 0. The second-order valence-electron chi connectivity index (χ2n) is 24.2. The van der Waals surface area contributed by atoms with Crippen LogP contribution in [0.4, 0.5) is 0 Å². The lowest BCUT2D eigenvalue weighted by Gasteiger charge is -2.20. The Bertz CT molecular complexity index is 1200. The molecule has 0 aliphatic carbocycles. The molecule has 456 valence electrons. The van der Waals surface area contributed by atoms with Gasteiger partial charge in [-0.25, -0.2) is 0 Å². The lowest BCUT2D eigenvalue weighted by Crippen LogP contribution is -2.45. The maximum Gasteiger partial charge on any atom is 0.305 e. The van der Waals surface area contributed by atoms with Crippen LogP contribution in [0.2, 0.25) is 0 Å². The Morgan fingerprint density at radius 2 is 0.610 bits per heavy atom. The van der Waals surface area contributed by atoms with Crippen molar-refractivity contribution in [1.29, 1.82) is 0 Å². The Hall–Kier alpha value is -1.66. The molecule has 6 heteroatoms. The van der Waals surface area contributed by atoms with Crippen molar-refractivity contribution < 1.29 is 24.5 Å². The third-order valence-electron chi connectivity index (χ3n) is 16.5. The van der Waals surface area contributed by atoms with Gasteiger partial charge < -0.3 is 20.3 Å². The molecule has 0 rings (SSSR count). The van der Waals surface area contributed by atoms with E-state index in [2.05, 4.69) is 31.3 Å². The molecule has 0 aliphatic heterocycles. The maximum absolute atomic E-state index is 12.5. The van der Waals surface area contributed by atoms with E-state index in [4.69, 9.17) is 4.74 Å². The smallest absolute Gasteiger partial charge is 0.305 e. The third kappa shape index (κ3) is 63.4. The third-order valence-corrected chi connectivity index (χ3v) is 16.5.